The summed E-state index contributed by atoms with van der Waals surface area (Å²) in [6, 6.07) is 9.62. The van der Waals surface area contributed by atoms with Crippen LogP contribution in [0.25, 0.3) is 0 Å². The van der Waals surface area contributed by atoms with E-state index in [0.29, 0.717) is 0 Å². The summed E-state index contributed by atoms with van der Waals surface area (Å²) >= 11 is 0. The number of nitrogens with one attached hydrogen (secondary N) is 1. The third kappa shape index (κ3) is 1.77. The third-order valence-corrected chi connectivity index (χ3v) is 2.80. The normalized spacial score (nSPS) is 16.9. The highest BCUT2D eigenvalue weighted by Gasteiger charge is 2.51. The van der Waals surface area contributed by atoms with E-state index >= 15 is 0 Å². The van der Waals surface area contributed by atoms with Gasteiger partial charge in [-0.3, -0.25) is 14.9 Å². The Kier molecular flexibility index (Phi) is 2.31. The average molecular weight is 203 g/mol. The largest absolute Gasteiger partial charge is 0.296 e. The van der Waals surface area contributed by atoms with Crippen LogP contribution in [-0.4, -0.2) is 11.8 Å². The number of hydrogen-bond donors (Lipinski definition) is 1. The first-order valence-corrected chi connectivity index (χ1v) is 5.03. The van der Waals surface area contributed by atoms with Crippen LogP contribution in [0.5, 0.6) is 0 Å². The Morgan fingerprint density at radius 3 is 2.27 bits per heavy atom. The minimum absolute atomic E-state index is 0.166. The number of rotatable bonds is 2. The molecule has 2 rings (SSSR count). The molecule has 0 heterocycles. The molecule has 1 saturated carbocycles. The van der Waals surface area contributed by atoms with Crippen LogP contribution in [0.2, 0.25) is 0 Å². The molecule has 0 aliphatic heterocycles. The summed E-state index contributed by atoms with van der Waals surface area (Å²) < 4.78 is 0. The van der Waals surface area contributed by atoms with Crippen LogP contribution in [0.4, 0.5) is 0 Å². The number of carbonyl (C=O) groups is 2. The maximum atomic E-state index is 11.8. The molecule has 15 heavy (non-hydrogen) atoms. The van der Waals surface area contributed by atoms with Crippen LogP contribution in [0.15, 0.2) is 30.3 Å². The Hall–Kier alpha value is -1.64. The molecule has 2 amide bonds. The predicted molar refractivity (Wildman–Crippen MR) is 56.2 cm³/mol. The first kappa shape index (κ1) is 9.90. The van der Waals surface area contributed by atoms with Crippen molar-refractivity contribution < 1.29 is 9.59 Å². The van der Waals surface area contributed by atoms with E-state index in [1.165, 1.54) is 6.92 Å². The van der Waals surface area contributed by atoms with Gasteiger partial charge in [-0.25, -0.2) is 0 Å². The van der Waals surface area contributed by atoms with E-state index in [1.807, 2.05) is 30.3 Å². The van der Waals surface area contributed by atoms with E-state index in [0.717, 1.165) is 18.4 Å². The van der Waals surface area contributed by atoms with E-state index in [-0.39, 0.29) is 11.8 Å². The fourth-order valence-corrected chi connectivity index (χ4v) is 1.81. The second-order valence-electron chi connectivity index (χ2n) is 3.96. The zero-order valence-corrected chi connectivity index (χ0v) is 8.62. The van der Waals surface area contributed by atoms with Crippen LogP contribution in [0.3, 0.4) is 0 Å². The van der Waals surface area contributed by atoms with Gasteiger partial charge in [0.15, 0.2) is 0 Å². The van der Waals surface area contributed by atoms with Crippen LogP contribution in [-0.2, 0) is 15.0 Å². The van der Waals surface area contributed by atoms with Crippen LogP contribution in [0.1, 0.15) is 25.3 Å². The Bertz CT molecular complexity index is 393. The molecule has 0 saturated heterocycles. The van der Waals surface area contributed by atoms with E-state index in [9.17, 15) is 9.59 Å². The van der Waals surface area contributed by atoms with Gasteiger partial charge in [-0.1, -0.05) is 30.3 Å². The highest BCUT2D eigenvalue weighted by molar-refractivity contribution is 6.01. The van der Waals surface area contributed by atoms with E-state index < -0.39 is 5.41 Å². The molecular formula is C12H13NO2. The Labute approximate surface area is 88.5 Å². The number of benzene rings is 1. The summed E-state index contributed by atoms with van der Waals surface area (Å²) in [4.78, 5) is 22.6. The minimum atomic E-state index is -0.438. The second kappa shape index (κ2) is 3.50. The van der Waals surface area contributed by atoms with Gasteiger partial charge in [0.25, 0.3) is 0 Å². The van der Waals surface area contributed by atoms with Crippen LogP contribution >= 0.6 is 0 Å². The van der Waals surface area contributed by atoms with Gasteiger partial charge < -0.3 is 0 Å². The highest BCUT2D eigenvalue weighted by Crippen LogP contribution is 2.48. The maximum Gasteiger partial charge on any atom is 0.237 e. The topological polar surface area (TPSA) is 46.2 Å². The molecule has 0 spiro atoms. The molecule has 3 nitrogen and oxygen atoms in total. The van der Waals surface area contributed by atoms with Gasteiger partial charge in [0.1, 0.15) is 0 Å². The summed E-state index contributed by atoms with van der Waals surface area (Å²) in [5.74, 6) is -0.455. The molecule has 1 N–H and O–H groups in total. The van der Waals surface area contributed by atoms with Crippen LogP contribution in [0, 0.1) is 0 Å². The highest BCUT2D eigenvalue weighted by atomic mass is 16.2. The lowest BCUT2D eigenvalue weighted by Crippen LogP contribution is -2.37. The number of hydrogen-bond acceptors (Lipinski definition) is 2. The van der Waals surface area contributed by atoms with Gasteiger partial charge in [-0.15, -0.1) is 0 Å². The zero-order chi connectivity index (χ0) is 10.9. The first-order valence-electron chi connectivity index (χ1n) is 5.03. The fourth-order valence-electron chi connectivity index (χ4n) is 1.81. The fraction of sp³-hybridized carbons (Fsp3) is 0.333. The van der Waals surface area contributed by atoms with Crippen molar-refractivity contribution in [1.82, 2.24) is 5.32 Å². The lowest BCUT2D eigenvalue weighted by molar-refractivity contribution is -0.130. The Morgan fingerprint density at radius 1 is 1.20 bits per heavy atom. The number of carbonyl (C=O) groups excluding carboxylic acids is 2. The lowest BCUT2D eigenvalue weighted by Gasteiger charge is -2.13. The monoisotopic (exact) mass is 203 g/mol. The van der Waals surface area contributed by atoms with Crippen molar-refractivity contribution in [3.8, 4) is 0 Å². The quantitative estimate of drug-likeness (QED) is 0.789. The standard InChI is InChI=1S/C12H13NO2/c1-9(14)13-11(15)12(7-8-12)10-5-3-2-4-6-10/h2-6H,7-8H2,1H3,(H,13,14,15). The maximum absolute atomic E-state index is 11.8. The molecule has 1 aromatic rings. The molecule has 1 aliphatic carbocycles. The van der Waals surface area contributed by atoms with Crippen molar-refractivity contribution in [3.05, 3.63) is 35.9 Å². The summed E-state index contributed by atoms with van der Waals surface area (Å²) in [7, 11) is 0. The summed E-state index contributed by atoms with van der Waals surface area (Å²) in [6.45, 7) is 1.36. The number of amides is 2. The van der Waals surface area contributed by atoms with Gasteiger partial charge >= 0.3 is 0 Å². The molecule has 0 atom stereocenters. The third-order valence-electron chi connectivity index (χ3n) is 2.80. The van der Waals surface area contributed by atoms with E-state index in [1.54, 1.807) is 0 Å². The smallest absolute Gasteiger partial charge is 0.237 e. The van der Waals surface area contributed by atoms with Gasteiger partial charge in [0.05, 0.1) is 5.41 Å². The van der Waals surface area contributed by atoms with Gasteiger partial charge in [0, 0.05) is 6.92 Å². The Morgan fingerprint density at radius 2 is 1.80 bits per heavy atom. The molecule has 3 heteroatoms. The summed E-state index contributed by atoms with van der Waals surface area (Å²) in [5.41, 5.74) is 0.566. The van der Waals surface area contributed by atoms with Crippen molar-refractivity contribution >= 4 is 11.8 Å². The molecule has 0 bridgehead atoms. The molecule has 1 aliphatic rings. The van der Waals surface area contributed by atoms with Crippen molar-refractivity contribution in [2.75, 3.05) is 0 Å². The SMILES string of the molecule is CC(=O)NC(=O)C1(c2ccccc2)CC1. The van der Waals surface area contributed by atoms with Crippen LogP contribution < -0.4 is 5.32 Å². The first-order chi connectivity index (χ1) is 7.15. The molecule has 78 valence electrons. The van der Waals surface area contributed by atoms with Gasteiger partial charge in [0.2, 0.25) is 11.8 Å². The molecule has 0 unspecified atom stereocenters. The molecule has 1 aromatic carbocycles. The second-order valence-corrected chi connectivity index (χ2v) is 3.96. The van der Waals surface area contributed by atoms with Crippen molar-refractivity contribution in [2.24, 2.45) is 0 Å². The van der Waals surface area contributed by atoms with E-state index in [2.05, 4.69) is 5.32 Å². The van der Waals surface area contributed by atoms with Crippen molar-refractivity contribution in [2.45, 2.75) is 25.2 Å². The van der Waals surface area contributed by atoms with Gasteiger partial charge in [-0.2, -0.15) is 0 Å². The molecule has 1 fully saturated rings. The summed E-state index contributed by atoms with van der Waals surface area (Å²) in [5, 5.41) is 2.37. The van der Waals surface area contributed by atoms with Crippen molar-refractivity contribution in [3.63, 3.8) is 0 Å². The summed E-state index contributed by atoms with van der Waals surface area (Å²) in [6.07, 6.45) is 1.66. The Balaban J connectivity index is 2.21. The lowest BCUT2D eigenvalue weighted by atomic mass is 9.95. The minimum Gasteiger partial charge on any atom is -0.296 e. The van der Waals surface area contributed by atoms with E-state index in [4.69, 9.17) is 0 Å². The van der Waals surface area contributed by atoms with Crippen molar-refractivity contribution in [1.29, 1.82) is 0 Å². The molecule has 0 aromatic heterocycles. The molecular weight excluding hydrogens is 190 g/mol. The number of imide groups is 1. The van der Waals surface area contributed by atoms with Gasteiger partial charge in [-0.05, 0) is 18.4 Å². The molecule has 0 radical (unpaired) electrons. The predicted octanol–water partition coefficient (Wildman–Crippen LogP) is 1.38. The average Bonchev–Trinajstić information content (AvgIpc) is 2.99. The zero-order valence-electron chi connectivity index (χ0n) is 8.62.